The lowest BCUT2D eigenvalue weighted by Gasteiger charge is -2.07. The van der Waals surface area contributed by atoms with Crippen molar-refractivity contribution in [2.24, 2.45) is 0 Å². The van der Waals surface area contributed by atoms with Crippen LogP contribution in [0.5, 0.6) is 0 Å². The fourth-order valence-electron chi connectivity index (χ4n) is 2.13. The van der Waals surface area contributed by atoms with Gasteiger partial charge in [0.2, 0.25) is 5.89 Å². The van der Waals surface area contributed by atoms with Gasteiger partial charge >= 0.3 is 12.2 Å². The molecule has 0 atom stereocenters. The standard InChI is InChI=1S/C17H12F3N3O2S/c1-26-13-4-2-3-11(9-13)15-22-23-16(25-15)21-14(24)10-5-7-12(8-6-10)17(18,19)20/h2-9H,1H3,(H,21,23,24). The third-order valence-electron chi connectivity index (χ3n) is 3.44. The quantitative estimate of drug-likeness (QED) is 0.664. The number of nitrogens with one attached hydrogen (secondary N) is 1. The van der Waals surface area contributed by atoms with Crippen LogP contribution in [0.3, 0.4) is 0 Å². The number of carbonyl (C=O) groups excluding carboxylic acids is 1. The number of hydrogen-bond acceptors (Lipinski definition) is 5. The molecule has 1 N–H and O–H groups in total. The molecular weight excluding hydrogens is 367 g/mol. The maximum Gasteiger partial charge on any atom is 0.416 e. The number of nitrogens with zero attached hydrogens (tertiary/aromatic N) is 2. The highest BCUT2D eigenvalue weighted by molar-refractivity contribution is 7.98. The molecule has 0 aliphatic carbocycles. The molecule has 0 saturated heterocycles. The normalized spacial score (nSPS) is 11.4. The lowest BCUT2D eigenvalue weighted by molar-refractivity contribution is -0.137. The van der Waals surface area contributed by atoms with Crippen molar-refractivity contribution in [3.63, 3.8) is 0 Å². The Hall–Kier alpha value is -2.81. The van der Waals surface area contributed by atoms with Gasteiger partial charge in [0, 0.05) is 16.0 Å². The van der Waals surface area contributed by atoms with E-state index in [0.29, 0.717) is 5.56 Å². The Bertz CT molecular complexity index is 924. The molecule has 0 aliphatic rings. The molecule has 0 saturated carbocycles. The molecule has 26 heavy (non-hydrogen) atoms. The summed E-state index contributed by atoms with van der Waals surface area (Å²) in [4.78, 5) is 13.1. The van der Waals surface area contributed by atoms with Crippen molar-refractivity contribution in [2.75, 3.05) is 11.6 Å². The summed E-state index contributed by atoms with van der Waals surface area (Å²) in [6.45, 7) is 0. The van der Waals surface area contributed by atoms with Crippen molar-refractivity contribution in [3.8, 4) is 11.5 Å². The van der Waals surface area contributed by atoms with E-state index in [9.17, 15) is 18.0 Å². The van der Waals surface area contributed by atoms with Gasteiger partial charge in [-0.25, -0.2) is 0 Å². The van der Waals surface area contributed by atoms with E-state index in [-0.39, 0.29) is 17.5 Å². The van der Waals surface area contributed by atoms with Gasteiger partial charge in [0.1, 0.15) is 0 Å². The van der Waals surface area contributed by atoms with Crippen LogP contribution in [0.25, 0.3) is 11.5 Å². The molecule has 0 radical (unpaired) electrons. The molecule has 5 nitrogen and oxygen atoms in total. The van der Waals surface area contributed by atoms with Crippen molar-refractivity contribution in [1.29, 1.82) is 0 Å². The number of thioether (sulfide) groups is 1. The highest BCUT2D eigenvalue weighted by Crippen LogP contribution is 2.29. The van der Waals surface area contributed by atoms with Gasteiger partial charge in [-0.1, -0.05) is 11.2 Å². The van der Waals surface area contributed by atoms with Gasteiger partial charge in [-0.2, -0.15) is 13.2 Å². The van der Waals surface area contributed by atoms with Gasteiger partial charge in [0.25, 0.3) is 5.91 Å². The third kappa shape index (κ3) is 4.05. The van der Waals surface area contributed by atoms with Crippen LogP contribution in [-0.4, -0.2) is 22.4 Å². The van der Waals surface area contributed by atoms with E-state index in [1.54, 1.807) is 17.8 Å². The molecule has 3 rings (SSSR count). The number of alkyl halides is 3. The van der Waals surface area contributed by atoms with Gasteiger partial charge in [-0.15, -0.1) is 16.9 Å². The minimum Gasteiger partial charge on any atom is -0.403 e. The highest BCUT2D eigenvalue weighted by Gasteiger charge is 2.30. The van der Waals surface area contributed by atoms with Gasteiger partial charge < -0.3 is 4.42 Å². The second-order valence-corrected chi connectivity index (χ2v) is 6.05. The summed E-state index contributed by atoms with van der Waals surface area (Å²) >= 11 is 1.56. The molecule has 0 unspecified atom stereocenters. The average molecular weight is 379 g/mol. The number of halogens is 3. The Morgan fingerprint density at radius 2 is 1.85 bits per heavy atom. The lowest BCUT2D eigenvalue weighted by Crippen LogP contribution is -2.13. The predicted octanol–water partition coefficient (Wildman–Crippen LogP) is 4.73. The van der Waals surface area contributed by atoms with Crippen molar-refractivity contribution in [1.82, 2.24) is 10.2 Å². The molecule has 3 aromatic rings. The minimum absolute atomic E-state index is 0.0436. The summed E-state index contributed by atoms with van der Waals surface area (Å²) < 4.78 is 43.0. The Morgan fingerprint density at radius 1 is 1.12 bits per heavy atom. The average Bonchev–Trinajstić information content (AvgIpc) is 3.09. The van der Waals surface area contributed by atoms with Crippen LogP contribution in [0.2, 0.25) is 0 Å². The van der Waals surface area contributed by atoms with Crippen molar-refractivity contribution >= 4 is 23.7 Å². The summed E-state index contributed by atoms with van der Waals surface area (Å²) in [6.07, 6.45) is -2.52. The Balaban J connectivity index is 1.73. The minimum atomic E-state index is -4.46. The van der Waals surface area contributed by atoms with Crippen molar-refractivity contribution in [3.05, 3.63) is 59.7 Å². The summed E-state index contributed by atoms with van der Waals surface area (Å²) in [5.74, 6) is -0.421. The first-order valence-corrected chi connectivity index (χ1v) is 8.56. The zero-order valence-corrected chi connectivity index (χ0v) is 14.2. The number of carbonyl (C=O) groups is 1. The van der Waals surface area contributed by atoms with Crippen LogP contribution in [0.4, 0.5) is 19.2 Å². The number of rotatable bonds is 4. The zero-order valence-electron chi connectivity index (χ0n) is 13.4. The van der Waals surface area contributed by atoms with E-state index in [2.05, 4.69) is 15.5 Å². The highest BCUT2D eigenvalue weighted by atomic mass is 32.2. The SMILES string of the molecule is CSc1cccc(-c2nnc(NC(=O)c3ccc(C(F)(F)F)cc3)o2)c1. The first-order chi connectivity index (χ1) is 12.4. The molecule has 1 amide bonds. The van der Waals surface area contributed by atoms with E-state index in [1.165, 1.54) is 0 Å². The third-order valence-corrected chi connectivity index (χ3v) is 4.16. The van der Waals surface area contributed by atoms with Crippen LogP contribution < -0.4 is 5.32 Å². The zero-order chi connectivity index (χ0) is 18.7. The smallest absolute Gasteiger partial charge is 0.403 e. The maximum atomic E-state index is 12.6. The summed E-state index contributed by atoms with van der Waals surface area (Å²) in [5, 5.41) is 9.97. The second-order valence-electron chi connectivity index (χ2n) is 5.17. The number of hydrogen-bond donors (Lipinski definition) is 1. The van der Waals surface area contributed by atoms with Gasteiger partial charge in [-0.05, 0) is 48.7 Å². The Kier molecular flexibility index (Phi) is 4.99. The summed E-state index contributed by atoms with van der Waals surface area (Å²) in [5.41, 5.74) is -0.0932. The number of anilines is 1. The van der Waals surface area contributed by atoms with Crippen molar-refractivity contribution in [2.45, 2.75) is 11.1 Å². The number of aromatic nitrogens is 2. The van der Waals surface area contributed by atoms with Crippen LogP contribution in [0.1, 0.15) is 15.9 Å². The van der Waals surface area contributed by atoms with Crippen LogP contribution in [0, 0.1) is 0 Å². The first kappa shape index (κ1) is 18.0. The Morgan fingerprint density at radius 3 is 2.50 bits per heavy atom. The molecule has 0 spiro atoms. The molecule has 0 fully saturated rings. The largest absolute Gasteiger partial charge is 0.416 e. The maximum absolute atomic E-state index is 12.6. The van der Waals surface area contributed by atoms with Gasteiger partial charge in [-0.3, -0.25) is 10.1 Å². The first-order valence-electron chi connectivity index (χ1n) is 7.33. The lowest BCUT2D eigenvalue weighted by atomic mass is 10.1. The van der Waals surface area contributed by atoms with E-state index in [0.717, 1.165) is 29.2 Å². The van der Waals surface area contributed by atoms with Crippen molar-refractivity contribution < 1.29 is 22.4 Å². The van der Waals surface area contributed by atoms with Crippen LogP contribution >= 0.6 is 11.8 Å². The van der Waals surface area contributed by atoms with E-state index in [1.807, 2.05) is 24.5 Å². The monoisotopic (exact) mass is 379 g/mol. The molecule has 0 bridgehead atoms. The van der Waals surface area contributed by atoms with Crippen LogP contribution in [0.15, 0.2) is 57.8 Å². The Labute approximate surface area is 150 Å². The molecule has 1 heterocycles. The number of amides is 1. The van der Waals surface area contributed by atoms with E-state index >= 15 is 0 Å². The van der Waals surface area contributed by atoms with Gasteiger partial charge in [0.15, 0.2) is 0 Å². The fraction of sp³-hybridized carbons (Fsp3) is 0.118. The molecule has 1 aromatic heterocycles. The topological polar surface area (TPSA) is 68.0 Å². The van der Waals surface area contributed by atoms with E-state index < -0.39 is 17.6 Å². The molecule has 2 aromatic carbocycles. The summed E-state index contributed by atoms with van der Waals surface area (Å²) in [6, 6.07) is 11.1. The molecule has 0 aliphatic heterocycles. The molecule has 9 heteroatoms. The molecular formula is C17H12F3N3O2S. The van der Waals surface area contributed by atoms with E-state index in [4.69, 9.17) is 4.42 Å². The second kappa shape index (κ2) is 7.20. The number of benzene rings is 2. The summed E-state index contributed by atoms with van der Waals surface area (Å²) in [7, 11) is 0. The van der Waals surface area contributed by atoms with Gasteiger partial charge in [0.05, 0.1) is 5.56 Å². The predicted molar refractivity (Wildman–Crippen MR) is 90.9 cm³/mol. The molecule has 134 valence electrons. The van der Waals surface area contributed by atoms with Crippen LogP contribution in [-0.2, 0) is 6.18 Å². The fourth-order valence-corrected chi connectivity index (χ4v) is 2.59.